The zero-order valence-corrected chi connectivity index (χ0v) is 17.3. The summed E-state index contributed by atoms with van der Waals surface area (Å²) < 4.78 is 1.94. The van der Waals surface area contributed by atoms with Crippen molar-refractivity contribution in [3.05, 3.63) is 66.6 Å². The molecular formula is C22H23N5S. The molecule has 0 radical (unpaired) electrons. The lowest BCUT2D eigenvalue weighted by Gasteiger charge is -2.19. The minimum atomic E-state index is -0.148. The molecule has 0 fully saturated rings. The summed E-state index contributed by atoms with van der Waals surface area (Å²) >= 11 is 1.73. The Balaban J connectivity index is 1.73. The highest BCUT2D eigenvalue weighted by atomic mass is 32.2. The van der Waals surface area contributed by atoms with Crippen LogP contribution >= 0.6 is 11.8 Å². The average Bonchev–Trinajstić information content (AvgIpc) is 3.10. The highest BCUT2D eigenvalue weighted by Crippen LogP contribution is 2.36. The Labute approximate surface area is 169 Å². The first-order valence-corrected chi connectivity index (χ1v) is 10.0. The maximum atomic E-state index is 4.55. The predicted molar refractivity (Wildman–Crippen MR) is 115 cm³/mol. The number of nitrogens with zero attached hydrogens (tertiary/aromatic N) is 4. The fourth-order valence-electron chi connectivity index (χ4n) is 3.01. The standard InChI is InChI=1S/C22H23N5S/c1-15-10-11-19(28-16-8-6-5-7-9-16)18(12-15)26-20-17-13-25-27(22(2,3)4)21(17)24-14-23-20/h5-14H,1-4H3,(H,23,24,26). The van der Waals surface area contributed by atoms with Gasteiger partial charge in [0.05, 0.1) is 22.8 Å². The third kappa shape index (κ3) is 3.73. The summed E-state index contributed by atoms with van der Waals surface area (Å²) in [4.78, 5) is 11.3. The predicted octanol–water partition coefficient (Wildman–Crippen LogP) is 5.78. The molecule has 4 rings (SSSR count). The van der Waals surface area contributed by atoms with E-state index in [9.17, 15) is 0 Å². The van der Waals surface area contributed by atoms with E-state index < -0.39 is 0 Å². The molecule has 28 heavy (non-hydrogen) atoms. The quantitative estimate of drug-likeness (QED) is 0.479. The van der Waals surface area contributed by atoms with Gasteiger partial charge in [0.1, 0.15) is 12.1 Å². The van der Waals surface area contributed by atoms with Crippen LogP contribution in [0, 0.1) is 6.92 Å². The van der Waals surface area contributed by atoms with Crippen LogP contribution in [0.4, 0.5) is 11.5 Å². The van der Waals surface area contributed by atoms with Gasteiger partial charge in [0.25, 0.3) is 0 Å². The van der Waals surface area contributed by atoms with Crippen molar-refractivity contribution in [3.63, 3.8) is 0 Å². The van der Waals surface area contributed by atoms with E-state index in [0.717, 1.165) is 27.4 Å². The van der Waals surface area contributed by atoms with Crippen molar-refractivity contribution in [2.24, 2.45) is 0 Å². The fourth-order valence-corrected chi connectivity index (χ4v) is 3.91. The molecule has 2 aromatic carbocycles. The zero-order chi connectivity index (χ0) is 19.7. The lowest BCUT2D eigenvalue weighted by molar-refractivity contribution is 0.366. The Morgan fingerprint density at radius 1 is 1.00 bits per heavy atom. The SMILES string of the molecule is Cc1ccc(Sc2ccccc2)c(Nc2ncnc3c2cnn3C(C)(C)C)c1. The molecule has 0 spiro atoms. The first kappa shape index (κ1) is 18.5. The van der Waals surface area contributed by atoms with Crippen molar-refractivity contribution in [2.45, 2.75) is 43.0 Å². The van der Waals surface area contributed by atoms with Crippen LogP contribution in [0.5, 0.6) is 0 Å². The summed E-state index contributed by atoms with van der Waals surface area (Å²) in [7, 11) is 0. The van der Waals surface area contributed by atoms with E-state index >= 15 is 0 Å². The van der Waals surface area contributed by atoms with E-state index in [-0.39, 0.29) is 5.54 Å². The number of aryl methyl sites for hydroxylation is 1. The molecule has 0 aliphatic heterocycles. The smallest absolute Gasteiger partial charge is 0.163 e. The molecule has 2 heterocycles. The van der Waals surface area contributed by atoms with Gasteiger partial charge in [-0.1, -0.05) is 36.0 Å². The molecule has 0 saturated carbocycles. The molecule has 0 aliphatic rings. The number of hydrogen-bond donors (Lipinski definition) is 1. The van der Waals surface area contributed by atoms with Crippen molar-refractivity contribution in [2.75, 3.05) is 5.32 Å². The lowest BCUT2D eigenvalue weighted by atomic mass is 10.1. The molecule has 4 aromatic rings. The Bertz CT molecular complexity index is 1110. The van der Waals surface area contributed by atoms with Gasteiger partial charge in [-0.3, -0.25) is 0 Å². The minimum absolute atomic E-state index is 0.148. The van der Waals surface area contributed by atoms with Crippen molar-refractivity contribution in [3.8, 4) is 0 Å². The van der Waals surface area contributed by atoms with Crippen LogP contribution in [0.25, 0.3) is 11.0 Å². The van der Waals surface area contributed by atoms with Gasteiger partial charge in [-0.2, -0.15) is 5.10 Å². The van der Waals surface area contributed by atoms with E-state index in [1.807, 2.05) is 16.9 Å². The van der Waals surface area contributed by atoms with Gasteiger partial charge in [0, 0.05) is 9.79 Å². The number of fused-ring (bicyclic) bond motifs is 1. The number of nitrogens with one attached hydrogen (secondary N) is 1. The van der Waals surface area contributed by atoms with E-state index in [4.69, 9.17) is 0 Å². The van der Waals surface area contributed by atoms with E-state index in [1.54, 1.807) is 18.1 Å². The number of aromatic nitrogens is 4. The van der Waals surface area contributed by atoms with Crippen LogP contribution in [0.3, 0.4) is 0 Å². The van der Waals surface area contributed by atoms with Crippen LogP contribution < -0.4 is 5.32 Å². The van der Waals surface area contributed by atoms with Gasteiger partial charge < -0.3 is 5.32 Å². The molecule has 6 heteroatoms. The topological polar surface area (TPSA) is 55.6 Å². The van der Waals surface area contributed by atoms with Gasteiger partial charge in [-0.05, 0) is 57.5 Å². The highest BCUT2D eigenvalue weighted by Gasteiger charge is 2.20. The third-order valence-electron chi connectivity index (χ3n) is 4.36. The molecule has 0 saturated heterocycles. The number of benzene rings is 2. The molecule has 0 aliphatic carbocycles. The van der Waals surface area contributed by atoms with Crippen LogP contribution in [0.15, 0.2) is 70.8 Å². The summed E-state index contributed by atoms with van der Waals surface area (Å²) in [5, 5.41) is 8.97. The number of hydrogen-bond acceptors (Lipinski definition) is 5. The molecule has 0 atom stereocenters. The fraction of sp³-hybridized carbons (Fsp3) is 0.227. The van der Waals surface area contributed by atoms with Crippen molar-refractivity contribution >= 4 is 34.3 Å². The summed E-state index contributed by atoms with van der Waals surface area (Å²) in [5.41, 5.74) is 2.90. The van der Waals surface area contributed by atoms with Crippen LogP contribution in [-0.2, 0) is 5.54 Å². The Kier molecular flexibility index (Phi) is 4.81. The largest absolute Gasteiger partial charge is 0.339 e. The molecule has 2 aromatic heterocycles. The Hall–Kier alpha value is -2.86. The Morgan fingerprint density at radius 3 is 2.54 bits per heavy atom. The second-order valence-electron chi connectivity index (χ2n) is 7.73. The van der Waals surface area contributed by atoms with E-state index in [0.29, 0.717) is 0 Å². The molecule has 5 nitrogen and oxygen atoms in total. The van der Waals surface area contributed by atoms with Gasteiger partial charge in [0.2, 0.25) is 0 Å². The number of anilines is 2. The monoisotopic (exact) mass is 389 g/mol. The van der Waals surface area contributed by atoms with Gasteiger partial charge in [-0.15, -0.1) is 0 Å². The number of rotatable bonds is 4. The summed E-state index contributed by atoms with van der Waals surface area (Å²) in [6.45, 7) is 8.44. The third-order valence-corrected chi connectivity index (χ3v) is 5.44. The van der Waals surface area contributed by atoms with Crippen molar-refractivity contribution < 1.29 is 0 Å². The second kappa shape index (κ2) is 7.28. The molecule has 1 N–H and O–H groups in total. The Morgan fingerprint density at radius 2 is 1.79 bits per heavy atom. The summed E-state index contributed by atoms with van der Waals surface area (Å²) in [6.07, 6.45) is 3.43. The van der Waals surface area contributed by atoms with Crippen molar-refractivity contribution in [1.82, 2.24) is 19.7 Å². The maximum Gasteiger partial charge on any atom is 0.163 e. The highest BCUT2D eigenvalue weighted by molar-refractivity contribution is 7.99. The molecule has 0 unspecified atom stereocenters. The van der Waals surface area contributed by atoms with E-state index in [1.165, 1.54) is 10.5 Å². The molecular weight excluding hydrogens is 366 g/mol. The first-order chi connectivity index (χ1) is 13.4. The molecule has 0 bridgehead atoms. The van der Waals surface area contributed by atoms with E-state index in [2.05, 4.69) is 90.5 Å². The zero-order valence-electron chi connectivity index (χ0n) is 16.5. The van der Waals surface area contributed by atoms with Gasteiger partial charge in [0.15, 0.2) is 5.65 Å². The lowest BCUT2D eigenvalue weighted by Crippen LogP contribution is -2.23. The normalized spacial score (nSPS) is 11.7. The summed E-state index contributed by atoms with van der Waals surface area (Å²) in [6, 6.07) is 16.8. The van der Waals surface area contributed by atoms with Gasteiger partial charge in [-0.25, -0.2) is 14.6 Å². The van der Waals surface area contributed by atoms with Crippen LogP contribution in [0.1, 0.15) is 26.3 Å². The van der Waals surface area contributed by atoms with Crippen LogP contribution in [-0.4, -0.2) is 19.7 Å². The minimum Gasteiger partial charge on any atom is -0.339 e. The average molecular weight is 390 g/mol. The van der Waals surface area contributed by atoms with Gasteiger partial charge >= 0.3 is 0 Å². The first-order valence-electron chi connectivity index (χ1n) is 9.21. The maximum absolute atomic E-state index is 4.55. The molecule has 0 amide bonds. The van der Waals surface area contributed by atoms with Crippen molar-refractivity contribution in [1.29, 1.82) is 0 Å². The summed E-state index contributed by atoms with van der Waals surface area (Å²) in [5.74, 6) is 0.765. The van der Waals surface area contributed by atoms with Crippen LogP contribution in [0.2, 0.25) is 0 Å². The molecule has 142 valence electrons. The second-order valence-corrected chi connectivity index (χ2v) is 8.84.